The maximum Gasteiger partial charge on any atom is 0.323 e. The molecule has 0 saturated carbocycles. The van der Waals surface area contributed by atoms with Gasteiger partial charge in [-0.2, -0.15) is 0 Å². The molecule has 1 N–H and O–H groups in total. The van der Waals surface area contributed by atoms with Crippen LogP contribution >= 0.6 is 0 Å². The number of aromatic nitrogens is 3. The molecule has 1 aromatic carbocycles. The molecule has 1 heterocycles. The largest absolute Gasteiger partial charge is 0.480 e. The lowest BCUT2D eigenvalue weighted by Crippen LogP contribution is -2.41. The van der Waals surface area contributed by atoms with E-state index in [2.05, 4.69) is 10.1 Å². The van der Waals surface area contributed by atoms with Crippen LogP contribution in [0.25, 0.3) is 5.69 Å². The first kappa shape index (κ1) is 14.7. The van der Waals surface area contributed by atoms with E-state index in [-0.39, 0.29) is 18.4 Å². The van der Waals surface area contributed by atoms with Gasteiger partial charge in [0.15, 0.2) is 0 Å². The van der Waals surface area contributed by atoms with E-state index >= 15 is 0 Å². The Bertz CT molecular complexity index is 637. The number of hydrogen-bond acceptors (Lipinski definition) is 4. The van der Waals surface area contributed by atoms with Gasteiger partial charge >= 0.3 is 5.97 Å². The van der Waals surface area contributed by atoms with Crippen molar-refractivity contribution in [3.8, 4) is 5.69 Å². The minimum atomic E-state index is -1.07. The summed E-state index contributed by atoms with van der Waals surface area (Å²) >= 11 is 0. The molecule has 0 unspecified atom stereocenters. The van der Waals surface area contributed by atoms with Gasteiger partial charge in [0.25, 0.3) is 5.91 Å². The minimum Gasteiger partial charge on any atom is -0.480 e. The van der Waals surface area contributed by atoms with Gasteiger partial charge in [-0.15, -0.1) is 5.10 Å². The number of aliphatic carboxylic acids is 1. The summed E-state index contributed by atoms with van der Waals surface area (Å²) in [6, 6.07) is 8.99. The summed E-state index contributed by atoms with van der Waals surface area (Å²) in [6.45, 7) is 3.11. The molecule has 0 spiro atoms. The summed E-state index contributed by atoms with van der Waals surface area (Å²) in [5.74, 6) is -1.59. The van der Waals surface area contributed by atoms with Crippen LogP contribution in [-0.4, -0.2) is 49.2 Å². The number of nitrogens with zero attached hydrogens (tertiary/aromatic N) is 4. The molecule has 2 rings (SSSR count). The van der Waals surface area contributed by atoms with E-state index in [4.69, 9.17) is 5.11 Å². The summed E-state index contributed by atoms with van der Waals surface area (Å²) in [5.41, 5.74) is 0.776. The van der Waals surface area contributed by atoms with Crippen molar-refractivity contribution in [1.29, 1.82) is 0 Å². The van der Waals surface area contributed by atoms with Gasteiger partial charge in [0.1, 0.15) is 12.9 Å². The second-order valence-corrected chi connectivity index (χ2v) is 4.77. The fourth-order valence-electron chi connectivity index (χ4n) is 1.83. The van der Waals surface area contributed by atoms with Crippen LogP contribution in [0.15, 0.2) is 36.7 Å². The lowest BCUT2D eigenvalue weighted by Gasteiger charge is -2.23. The van der Waals surface area contributed by atoms with Crippen LogP contribution in [0, 0.1) is 0 Å². The third-order valence-corrected chi connectivity index (χ3v) is 2.89. The lowest BCUT2D eigenvalue weighted by atomic mass is 10.3. The van der Waals surface area contributed by atoms with Crippen molar-refractivity contribution in [2.75, 3.05) is 6.54 Å². The van der Waals surface area contributed by atoms with Gasteiger partial charge in [-0.1, -0.05) is 18.2 Å². The number of amides is 1. The summed E-state index contributed by atoms with van der Waals surface area (Å²) in [6.07, 6.45) is 1.43. The van der Waals surface area contributed by atoms with Gasteiger partial charge in [-0.25, -0.2) is 9.67 Å². The maximum atomic E-state index is 12.3. The number of para-hydroxylation sites is 1. The van der Waals surface area contributed by atoms with Crippen molar-refractivity contribution in [2.24, 2.45) is 0 Å². The van der Waals surface area contributed by atoms with Crippen LogP contribution < -0.4 is 0 Å². The highest BCUT2D eigenvalue weighted by atomic mass is 16.4. The predicted octanol–water partition coefficient (Wildman–Crippen LogP) is 1.20. The molecule has 0 aliphatic carbocycles. The molecule has 0 radical (unpaired) electrons. The van der Waals surface area contributed by atoms with Crippen LogP contribution in [0.4, 0.5) is 0 Å². The molecule has 110 valence electrons. The fraction of sp³-hybridized carbons (Fsp3) is 0.286. The van der Waals surface area contributed by atoms with Crippen LogP contribution in [0.2, 0.25) is 0 Å². The SMILES string of the molecule is CC(C)N(CC(=O)O)C(=O)c1ncn(-c2ccccc2)n1. The third-order valence-electron chi connectivity index (χ3n) is 2.89. The highest BCUT2D eigenvalue weighted by Gasteiger charge is 2.24. The van der Waals surface area contributed by atoms with Crippen LogP contribution in [0.3, 0.4) is 0 Å². The van der Waals surface area contributed by atoms with E-state index in [0.29, 0.717) is 0 Å². The second-order valence-electron chi connectivity index (χ2n) is 4.77. The van der Waals surface area contributed by atoms with Crippen LogP contribution in [-0.2, 0) is 4.79 Å². The number of carboxylic acid groups (broad SMARTS) is 1. The average Bonchev–Trinajstić information content (AvgIpc) is 2.94. The minimum absolute atomic E-state index is 0.0196. The molecule has 0 atom stereocenters. The predicted molar refractivity (Wildman–Crippen MR) is 75.2 cm³/mol. The molecule has 1 amide bonds. The Kier molecular flexibility index (Phi) is 4.32. The summed E-state index contributed by atoms with van der Waals surface area (Å²) < 4.78 is 1.48. The van der Waals surface area contributed by atoms with E-state index < -0.39 is 11.9 Å². The molecule has 21 heavy (non-hydrogen) atoms. The summed E-state index contributed by atoms with van der Waals surface area (Å²) in [5, 5.41) is 13.0. The van der Waals surface area contributed by atoms with Crippen molar-refractivity contribution in [2.45, 2.75) is 19.9 Å². The van der Waals surface area contributed by atoms with Crippen LogP contribution in [0.5, 0.6) is 0 Å². The standard InChI is InChI=1S/C14H16N4O3/c1-10(2)17(8-12(19)20)14(21)13-15-9-18(16-13)11-6-4-3-5-7-11/h3-7,9-10H,8H2,1-2H3,(H,19,20). The van der Waals surface area contributed by atoms with Crippen LogP contribution in [0.1, 0.15) is 24.5 Å². The quantitative estimate of drug-likeness (QED) is 0.893. The Labute approximate surface area is 121 Å². The van der Waals surface area contributed by atoms with Crippen molar-refractivity contribution in [3.05, 3.63) is 42.5 Å². The van der Waals surface area contributed by atoms with Gasteiger partial charge in [0.2, 0.25) is 5.82 Å². The normalized spacial score (nSPS) is 10.6. The van der Waals surface area contributed by atoms with E-state index in [1.54, 1.807) is 13.8 Å². The van der Waals surface area contributed by atoms with Crippen molar-refractivity contribution in [1.82, 2.24) is 19.7 Å². The molecule has 0 aliphatic rings. The summed E-state index contributed by atoms with van der Waals surface area (Å²) in [7, 11) is 0. The first-order chi connectivity index (χ1) is 9.99. The zero-order valence-electron chi connectivity index (χ0n) is 11.8. The van der Waals surface area contributed by atoms with Gasteiger partial charge in [-0.05, 0) is 26.0 Å². The smallest absolute Gasteiger partial charge is 0.323 e. The number of carbonyl (C=O) groups excluding carboxylic acids is 1. The topological polar surface area (TPSA) is 88.3 Å². The fourth-order valence-corrected chi connectivity index (χ4v) is 1.83. The first-order valence-corrected chi connectivity index (χ1v) is 6.49. The van der Waals surface area contributed by atoms with Gasteiger partial charge in [0.05, 0.1) is 5.69 Å². The Hall–Kier alpha value is -2.70. The van der Waals surface area contributed by atoms with E-state index in [1.807, 2.05) is 30.3 Å². The Morgan fingerprint density at radius 3 is 2.52 bits per heavy atom. The van der Waals surface area contributed by atoms with Crippen molar-refractivity contribution >= 4 is 11.9 Å². The molecular formula is C14H16N4O3. The first-order valence-electron chi connectivity index (χ1n) is 6.49. The maximum absolute atomic E-state index is 12.3. The molecular weight excluding hydrogens is 272 g/mol. The van der Waals surface area contributed by atoms with Gasteiger partial charge < -0.3 is 10.0 Å². The molecule has 0 bridgehead atoms. The molecule has 0 saturated heterocycles. The molecule has 7 heteroatoms. The molecule has 7 nitrogen and oxygen atoms in total. The van der Waals surface area contributed by atoms with Crippen molar-refractivity contribution < 1.29 is 14.7 Å². The molecule has 0 aliphatic heterocycles. The number of carbonyl (C=O) groups is 2. The number of carboxylic acids is 1. The average molecular weight is 288 g/mol. The van der Waals surface area contributed by atoms with Crippen molar-refractivity contribution in [3.63, 3.8) is 0 Å². The zero-order chi connectivity index (χ0) is 15.4. The Balaban J connectivity index is 2.23. The van der Waals surface area contributed by atoms with Gasteiger partial charge in [0, 0.05) is 6.04 Å². The zero-order valence-corrected chi connectivity index (χ0v) is 11.8. The Morgan fingerprint density at radius 2 is 1.95 bits per heavy atom. The highest BCUT2D eigenvalue weighted by molar-refractivity contribution is 5.92. The number of benzene rings is 1. The lowest BCUT2D eigenvalue weighted by molar-refractivity contribution is -0.138. The Morgan fingerprint density at radius 1 is 1.29 bits per heavy atom. The number of hydrogen-bond donors (Lipinski definition) is 1. The molecule has 0 fully saturated rings. The van der Waals surface area contributed by atoms with E-state index in [1.165, 1.54) is 15.9 Å². The van der Waals surface area contributed by atoms with E-state index in [0.717, 1.165) is 5.69 Å². The highest BCUT2D eigenvalue weighted by Crippen LogP contribution is 2.08. The monoisotopic (exact) mass is 288 g/mol. The molecule has 2 aromatic rings. The second kappa shape index (κ2) is 6.17. The molecule has 1 aromatic heterocycles. The number of rotatable bonds is 5. The third kappa shape index (κ3) is 3.44. The van der Waals surface area contributed by atoms with E-state index in [9.17, 15) is 9.59 Å². The summed E-state index contributed by atoms with van der Waals surface area (Å²) in [4.78, 5) is 28.3. The van der Waals surface area contributed by atoms with Gasteiger partial charge in [-0.3, -0.25) is 9.59 Å².